The van der Waals surface area contributed by atoms with Gasteiger partial charge in [-0.3, -0.25) is 0 Å². The van der Waals surface area contributed by atoms with Crippen LogP contribution >= 0.6 is 0 Å². The van der Waals surface area contributed by atoms with Gasteiger partial charge in [0.05, 0.1) is 0 Å². The largest absolute Gasteiger partial charge is 0.340 e. The lowest BCUT2D eigenvalue weighted by Crippen LogP contribution is -1.96. The van der Waals surface area contributed by atoms with Crippen molar-refractivity contribution in [2.24, 2.45) is 0 Å². The second kappa shape index (κ2) is 4.50. The third kappa shape index (κ3) is 1.93. The molecule has 1 aliphatic rings. The summed E-state index contributed by atoms with van der Waals surface area (Å²) in [6.07, 6.45) is 3.79. The highest BCUT2D eigenvalue weighted by molar-refractivity contribution is 5.65. The number of nitrogens with one attached hydrogen (secondary N) is 1. The van der Waals surface area contributed by atoms with Gasteiger partial charge in [-0.15, -0.1) is 0 Å². The molecular weight excluding hydrogens is 222 g/mol. The van der Waals surface area contributed by atoms with Gasteiger partial charge in [-0.25, -0.2) is 11.6 Å². The first-order chi connectivity index (χ1) is 8.86. The van der Waals surface area contributed by atoms with Crippen LogP contribution in [0.3, 0.4) is 0 Å². The normalized spacial score (nSPS) is 12.6. The number of hydrogen-bond donors (Lipinski definition) is 1. The Hall–Kier alpha value is -2.34. The molecule has 0 aliphatic carbocycles. The summed E-state index contributed by atoms with van der Waals surface area (Å²) in [6, 6.07) is 10.3. The average molecular weight is 235 g/mol. The number of pyridine rings is 1. The summed E-state index contributed by atoms with van der Waals surface area (Å²) in [5.41, 5.74) is 4.72. The number of anilines is 2. The topological polar surface area (TPSA) is 29.3 Å². The van der Waals surface area contributed by atoms with Gasteiger partial charge in [-0.05, 0) is 48.2 Å². The molecule has 0 atom stereocenters. The summed E-state index contributed by atoms with van der Waals surface area (Å²) < 4.78 is 0. The predicted molar refractivity (Wildman–Crippen MR) is 71.7 cm³/mol. The molecule has 18 heavy (non-hydrogen) atoms. The Kier molecular flexibility index (Phi) is 2.70. The van der Waals surface area contributed by atoms with Crippen molar-refractivity contribution < 1.29 is 0 Å². The van der Waals surface area contributed by atoms with Crippen LogP contribution in [0, 0.1) is 6.57 Å². The molecule has 0 fully saturated rings. The van der Waals surface area contributed by atoms with E-state index in [1.807, 2.05) is 18.3 Å². The maximum absolute atomic E-state index is 6.93. The van der Waals surface area contributed by atoms with Crippen molar-refractivity contribution in [3.8, 4) is 0 Å². The van der Waals surface area contributed by atoms with Crippen LogP contribution in [0.1, 0.15) is 16.7 Å². The highest BCUT2D eigenvalue weighted by Gasteiger charge is 2.13. The molecule has 2 aromatic rings. The van der Waals surface area contributed by atoms with Gasteiger partial charge in [-0.2, -0.15) is 0 Å². The van der Waals surface area contributed by atoms with Crippen LogP contribution in [0.2, 0.25) is 0 Å². The molecule has 0 radical (unpaired) electrons. The Morgan fingerprint density at radius 3 is 3.00 bits per heavy atom. The number of aryl methyl sites for hydroxylation is 2. The Morgan fingerprint density at radius 2 is 2.11 bits per heavy atom. The molecular formula is C15H13N3. The SMILES string of the molecule is [C-]#[N+]Cc1ccc2c(c1)CCc1cccnc1N2. The molecule has 1 aromatic carbocycles. The van der Waals surface area contributed by atoms with Crippen LogP contribution in [0.4, 0.5) is 11.5 Å². The van der Waals surface area contributed by atoms with Gasteiger partial charge in [0.25, 0.3) is 0 Å². The number of hydrogen-bond acceptors (Lipinski definition) is 2. The molecule has 0 unspecified atom stereocenters. The Bertz CT molecular complexity index is 626. The summed E-state index contributed by atoms with van der Waals surface area (Å²) in [5.74, 6) is 0.953. The second-order valence-corrected chi connectivity index (χ2v) is 4.44. The molecule has 3 rings (SSSR count). The minimum atomic E-state index is 0.457. The van der Waals surface area contributed by atoms with Gasteiger partial charge >= 0.3 is 0 Å². The quantitative estimate of drug-likeness (QED) is 0.768. The van der Waals surface area contributed by atoms with Crippen LogP contribution in [-0.2, 0) is 19.4 Å². The van der Waals surface area contributed by atoms with Gasteiger partial charge in [0.1, 0.15) is 5.82 Å². The van der Waals surface area contributed by atoms with Gasteiger partial charge in [0, 0.05) is 17.4 Å². The van der Waals surface area contributed by atoms with Gasteiger partial charge < -0.3 is 10.2 Å². The Morgan fingerprint density at radius 1 is 1.22 bits per heavy atom. The summed E-state index contributed by atoms with van der Waals surface area (Å²) in [7, 11) is 0. The van der Waals surface area contributed by atoms with Gasteiger partial charge in [0.2, 0.25) is 6.54 Å². The lowest BCUT2D eigenvalue weighted by molar-refractivity contribution is 0.967. The predicted octanol–water partition coefficient (Wildman–Crippen LogP) is 3.34. The van der Waals surface area contributed by atoms with E-state index in [0.29, 0.717) is 6.54 Å². The van der Waals surface area contributed by atoms with Crippen LogP contribution in [0.5, 0.6) is 0 Å². The molecule has 2 heterocycles. The second-order valence-electron chi connectivity index (χ2n) is 4.44. The third-order valence-electron chi connectivity index (χ3n) is 3.24. The van der Waals surface area contributed by atoms with E-state index in [1.54, 1.807) is 0 Å². The van der Waals surface area contributed by atoms with Crippen LogP contribution in [0.25, 0.3) is 4.85 Å². The van der Waals surface area contributed by atoms with E-state index >= 15 is 0 Å². The van der Waals surface area contributed by atoms with E-state index in [1.165, 1.54) is 11.1 Å². The fourth-order valence-corrected chi connectivity index (χ4v) is 2.32. The monoisotopic (exact) mass is 235 g/mol. The fraction of sp³-hybridized carbons (Fsp3) is 0.200. The molecule has 0 saturated heterocycles. The number of nitrogens with zero attached hydrogens (tertiary/aromatic N) is 2. The molecule has 1 aromatic heterocycles. The van der Waals surface area contributed by atoms with E-state index in [4.69, 9.17) is 6.57 Å². The van der Waals surface area contributed by atoms with Crippen molar-refractivity contribution in [2.45, 2.75) is 19.4 Å². The zero-order chi connectivity index (χ0) is 12.4. The molecule has 3 nitrogen and oxygen atoms in total. The first kappa shape index (κ1) is 10.8. The van der Waals surface area contributed by atoms with Gasteiger partial charge in [0.15, 0.2) is 0 Å². The van der Waals surface area contributed by atoms with E-state index in [2.05, 4.69) is 33.3 Å². The van der Waals surface area contributed by atoms with Crippen LogP contribution < -0.4 is 5.32 Å². The molecule has 1 aliphatic heterocycles. The van der Waals surface area contributed by atoms with Crippen LogP contribution in [-0.4, -0.2) is 4.98 Å². The standard InChI is InChI=1S/C15H13N3/c1-16-10-11-4-7-14-13(9-11)6-5-12-3-2-8-17-15(12)18-14/h2-4,7-9H,5-6,10H2,(H,17,18). The maximum atomic E-state index is 6.93. The average Bonchev–Trinajstić information content (AvgIpc) is 2.58. The lowest BCUT2D eigenvalue weighted by atomic mass is 10.0. The van der Waals surface area contributed by atoms with E-state index in [-0.39, 0.29) is 0 Å². The third-order valence-corrected chi connectivity index (χ3v) is 3.24. The summed E-state index contributed by atoms with van der Waals surface area (Å²) in [6.45, 7) is 7.39. The number of aromatic nitrogens is 1. The van der Waals surface area contributed by atoms with E-state index in [0.717, 1.165) is 29.9 Å². The summed E-state index contributed by atoms with van der Waals surface area (Å²) in [4.78, 5) is 7.81. The molecule has 1 N–H and O–H groups in total. The molecule has 0 amide bonds. The summed E-state index contributed by atoms with van der Waals surface area (Å²) in [5, 5.41) is 3.38. The van der Waals surface area contributed by atoms with Crippen molar-refractivity contribution >= 4 is 11.5 Å². The molecule has 0 saturated carbocycles. The van der Waals surface area contributed by atoms with Crippen molar-refractivity contribution in [3.63, 3.8) is 0 Å². The van der Waals surface area contributed by atoms with Crippen molar-refractivity contribution in [1.82, 2.24) is 4.98 Å². The minimum Gasteiger partial charge on any atom is -0.340 e. The lowest BCUT2D eigenvalue weighted by Gasteiger charge is -2.08. The number of fused-ring (bicyclic) bond motifs is 2. The first-order valence-electron chi connectivity index (χ1n) is 6.03. The van der Waals surface area contributed by atoms with E-state index < -0.39 is 0 Å². The van der Waals surface area contributed by atoms with Gasteiger partial charge in [-0.1, -0.05) is 6.07 Å². The zero-order valence-corrected chi connectivity index (χ0v) is 9.98. The highest BCUT2D eigenvalue weighted by atomic mass is 15.0. The van der Waals surface area contributed by atoms with Crippen molar-refractivity contribution in [3.05, 3.63) is 64.6 Å². The zero-order valence-electron chi connectivity index (χ0n) is 9.98. The number of rotatable bonds is 1. The fourth-order valence-electron chi connectivity index (χ4n) is 2.32. The highest BCUT2D eigenvalue weighted by Crippen LogP contribution is 2.29. The molecule has 0 spiro atoms. The Balaban J connectivity index is 1.99. The van der Waals surface area contributed by atoms with E-state index in [9.17, 15) is 0 Å². The Labute approximate surface area is 106 Å². The molecule has 88 valence electrons. The number of benzene rings is 1. The first-order valence-corrected chi connectivity index (χ1v) is 6.03. The maximum Gasteiger partial charge on any atom is 0.239 e. The molecule has 0 bridgehead atoms. The van der Waals surface area contributed by atoms with Crippen LogP contribution in [0.15, 0.2) is 36.5 Å². The molecule has 3 heteroatoms. The van der Waals surface area contributed by atoms with Crippen molar-refractivity contribution in [2.75, 3.05) is 5.32 Å². The minimum absolute atomic E-state index is 0.457. The van der Waals surface area contributed by atoms with Crippen molar-refractivity contribution in [1.29, 1.82) is 0 Å². The smallest absolute Gasteiger partial charge is 0.239 e. The summed E-state index contributed by atoms with van der Waals surface area (Å²) >= 11 is 0.